The SMILES string of the molecule is c1ccc(-c2nc(-c3ccc4c(c3)oc3ccccc34)nc(-c3cccc4oc5cc6ccccc6cc5c34)n2)cc1. The van der Waals surface area contributed by atoms with E-state index in [1.807, 2.05) is 72.8 Å². The second kappa shape index (κ2) is 8.85. The van der Waals surface area contributed by atoms with E-state index in [0.717, 1.165) is 71.3 Å². The standard InChI is InChI=1S/C37H21N3O2/c1-2-9-22(10-3-1)35-38-36(25-17-18-27-26-13-6-7-15-30(26)41-32(27)21-25)40-37(39-35)28-14-8-16-31-34(28)29-19-23-11-4-5-12-24(23)20-33(29)42-31/h1-21H. The van der Waals surface area contributed by atoms with Crippen molar-refractivity contribution in [1.82, 2.24) is 15.0 Å². The first-order chi connectivity index (χ1) is 20.8. The zero-order valence-corrected chi connectivity index (χ0v) is 22.3. The molecule has 9 rings (SSSR count). The molecule has 0 radical (unpaired) electrons. The normalized spacial score (nSPS) is 11.8. The fraction of sp³-hybridized carbons (Fsp3) is 0. The van der Waals surface area contributed by atoms with Gasteiger partial charge in [-0.05, 0) is 47.2 Å². The van der Waals surface area contributed by atoms with Gasteiger partial charge < -0.3 is 8.83 Å². The number of para-hydroxylation sites is 1. The zero-order chi connectivity index (χ0) is 27.6. The number of nitrogens with zero attached hydrogens (tertiary/aromatic N) is 3. The summed E-state index contributed by atoms with van der Waals surface area (Å²) in [5.74, 6) is 1.78. The quantitative estimate of drug-likeness (QED) is 0.224. The molecule has 0 spiro atoms. The van der Waals surface area contributed by atoms with Crippen LogP contribution in [-0.2, 0) is 0 Å². The molecule has 0 fully saturated rings. The molecule has 6 aromatic carbocycles. The maximum absolute atomic E-state index is 6.35. The van der Waals surface area contributed by atoms with Crippen molar-refractivity contribution in [3.8, 4) is 34.2 Å². The first-order valence-electron chi connectivity index (χ1n) is 13.9. The van der Waals surface area contributed by atoms with Crippen LogP contribution in [0.5, 0.6) is 0 Å². The molecular formula is C37H21N3O2. The Labute approximate surface area is 239 Å². The fourth-order valence-electron chi connectivity index (χ4n) is 5.90. The van der Waals surface area contributed by atoms with Gasteiger partial charge in [0.25, 0.3) is 0 Å². The summed E-state index contributed by atoms with van der Waals surface area (Å²) in [7, 11) is 0. The molecule has 3 heterocycles. The maximum atomic E-state index is 6.35. The molecule has 0 amide bonds. The van der Waals surface area contributed by atoms with Crippen LogP contribution in [0.1, 0.15) is 0 Å². The average Bonchev–Trinajstić information content (AvgIpc) is 3.61. The number of hydrogen-bond donors (Lipinski definition) is 0. The first-order valence-corrected chi connectivity index (χ1v) is 13.9. The molecule has 0 saturated carbocycles. The van der Waals surface area contributed by atoms with Crippen molar-refractivity contribution in [2.75, 3.05) is 0 Å². The number of rotatable bonds is 3. The number of hydrogen-bond acceptors (Lipinski definition) is 5. The summed E-state index contributed by atoms with van der Waals surface area (Å²) in [4.78, 5) is 15.0. The third-order valence-electron chi connectivity index (χ3n) is 7.91. The lowest BCUT2D eigenvalue weighted by molar-refractivity contribution is 0.669. The van der Waals surface area contributed by atoms with E-state index >= 15 is 0 Å². The minimum Gasteiger partial charge on any atom is -0.456 e. The molecule has 0 bridgehead atoms. The van der Waals surface area contributed by atoms with Gasteiger partial charge in [-0.2, -0.15) is 0 Å². The van der Waals surface area contributed by atoms with Crippen molar-refractivity contribution in [3.63, 3.8) is 0 Å². The highest BCUT2D eigenvalue weighted by Gasteiger charge is 2.19. The molecule has 196 valence electrons. The smallest absolute Gasteiger partial charge is 0.164 e. The minimum atomic E-state index is 0.580. The fourth-order valence-corrected chi connectivity index (χ4v) is 5.90. The van der Waals surface area contributed by atoms with Crippen LogP contribution in [0.25, 0.3) is 88.8 Å². The highest BCUT2D eigenvalue weighted by molar-refractivity contribution is 6.15. The van der Waals surface area contributed by atoms with Gasteiger partial charge in [-0.1, -0.05) is 91.0 Å². The topological polar surface area (TPSA) is 65.0 Å². The number of aromatic nitrogens is 3. The molecule has 42 heavy (non-hydrogen) atoms. The van der Waals surface area contributed by atoms with Crippen molar-refractivity contribution in [2.45, 2.75) is 0 Å². The van der Waals surface area contributed by atoms with Gasteiger partial charge in [0.2, 0.25) is 0 Å². The first kappa shape index (κ1) is 22.9. The summed E-state index contributed by atoms with van der Waals surface area (Å²) in [6.45, 7) is 0. The van der Waals surface area contributed by atoms with Gasteiger partial charge in [0.05, 0.1) is 0 Å². The largest absolute Gasteiger partial charge is 0.456 e. The van der Waals surface area contributed by atoms with E-state index in [0.29, 0.717) is 17.5 Å². The maximum Gasteiger partial charge on any atom is 0.164 e. The van der Waals surface area contributed by atoms with Gasteiger partial charge in [0.1, 0.15) is 22.3 Å². The Morgan fingerprint density at radius 1 is 0.381 bits per heavy atom. The van der Waals surface area contributed by atoms with E-state index in [4.69, 9.17) is 23.8 Å². The van der Waals surface area contributed by atoms with E-state index in [-0.39, 0.29) is 0 Å². The molecule has 0 aliphatic heterocycles. The van der Waals surface area contributed by atoms with Crippen molar-refractivity contribution < 1.29 is 8.83 Å². The van der Waals surface area contributed by atoms with Gasteiger partial charge in [-0.25, -0.2) is 15.0 Å². The monoisotopic (exact) mass is 539 g/mol. The Morgan fingerprint density at radius 2 is 1.02 bits per heavy atom. The molecule has 5 nitrogen and oxygen atoms in total. The molecule has 3 aromatic heterocycles. The summed E-state index contributed by atoms with van der Waals surface area (Å²) in [5.41, 5.74) is 5.96. The van der Waals surface area contributed by atoms with Crippen LogP contribution in [0, 0.1) is 0 Å². The molecule has 5 heteroatoms. The van der Waals surface area contributed by atoms with E-state index in [2.05, 4.69) is 54.6 Å². The Balaban J connectivity index is 1.30. The predicted molar refractivity (Wildman–Crippen MR) is 168 cm³/mol. The lowest BCUT2D eigenvalue weighted by Crippen LogP contribution is -2.00. The van der Waals surface area contributed by atoms with Gasteiger partial charge in [0, 0.05) is 38.2 Å². The van der Waals surface area contributed by atoms with E-state index in [1.54, 1.807) is 0 Å². The number of benzene rings is 6. The molecule has 0 aliphatic rings. The second-order valence-corrected chi connectivity index (χ2v) is 10.5. The summed E-state index contributed by atoms with van der Waals surface area (Å²) in [5, 5.41) is 6.47. The van der Waals surface area contributed by atoms with Crippen molar-refractivity contribution in [3.05, 3.63) is 127 Å². The summed E-state index contributed by atoms with van der Waals surface area (Å²) in [6, 6.07) is 42.9. The molecular weight excluding hydrogens is 518 g/mol. The zero-order valence-electron chi connectivity index (χ0n) is 22.3. The van der Waals surface area contributed by atoms with Crippen molar-refractivity contribution >= 4 is 54.6 Å². The third-order valence-corrected chi connectivity index (χ3v) is 7.91. The number of fused-ring (bicyclic) bond motifs is 7. The molecule has 9 aromatic rings. The summed E-state index contributed by atoms with van der Waals surface area (Å²) < 4.78 is 12.5. The second-order valence-electron chi connectivity index (χ2n) is 10.5. The molecule has 0 atom stereocenters. The molecule has 0 N–H and O–H groups in total. The molecule has 0 unspecified atom stereocenters. The molecule has 0 saturated heterocycles. The van der Waals surface area contributed by atoms with E-state index in [9.17, 15) is 0 Å². The van der Waals surface area contributed by atoms with Crippen LogP contribution in [-0.4, -0.2) is 15.0 Å². The van der Waals surface area contributed by atoms with Gasteiger partial charge in [-0.3, -0.25) is 0 Å². The van der Waals surface area contributed by atoms with Gasteiger partial charge >= 0.3 is 0 Å². The third kappa shape index (κ3) is 3.54. The van der Waals surface area contributed by atoms with E-state index < -0.39 is 0 Å². The van der Waals surface area contributed by atoms with Crippen molar-refractivity contribution in [2.24, 2.45) is 0 Å². The molecule has 0 aliphatic carbocycles. The van der Waals surface area contributed by atoms with Crippen LogP contribution in [0.4, 0.5) is 0 Å². The predicted octanol–water partition coefficient (Wildman–Crippen LogP) is 9.82. The van der Waals surface area contributed by atoms with Crippen molar-refractivity contribution in [1.29, 1.82) is 0 Å². The minimum absolute atomic E-state index is 0.580. The van der Waals surface area contributed by atoms with Crippen LogP contribution >= 0.6 is 0 Å². The van der Waals surface area contributed by atoms with Crippen LogP contribution < -0.4 is 0 Å². The Bertz CT molecular complexity index is 2470. The lowest BCUT2D eigenvalue weighted by Gasteiger charge is -2.09. The highest BCUT2D eigenvalue weighted by Crippen LogP contribution is 2.38. The van der Waals surface area contributed by atoms with E-state index in [1.165, 1.54) is 0 Å². The van der Waals surface area contributed by atoms with Crippen LogP contribution in [0.2, 0.25) is 0 Å². The van der Waals surface area contributed by atoms with Crippen LogP contribution in [0.15, 0.2) is 136 Å². The average molecular weight is 540 g/mol. The lowest BCUT2D eigenvalue weighted by atomic mass is 10.0. The Kier molecular flexibility index (Phi) is 4.83. The Hall–Kier alpha value is -5.81. The number of furan rings is 2. The Morgan fingerprint density at radius 3 is 1.90 bits per heavy atom. The van der Waals surface area contributed by atoms with Gasteiger partial charge in [0.15, 0.2) is 17.5 Å². The highest BCUT2D eigenvalue weighted by atomic mass is 16.3. The summed E-state index contributed by atoms with van der Waals surface area (Å²) in [6.07, 6.45) is 0. The van der Waals surface area contributed by atoms with Gasteiger partial charge in [-0.15, -0.1) is 0 Å². The van der Waals surface area contributed by atoms with Crippen LogP contribution in [0.3, 0.4) is 0 Å². The summed E-state index contributed by atoms with van der Waals surface area (Å²) >= 11 is 0.